The highest BCUT2D eigenvalue weighted by Gasteiger charge is 2.33. The summed E-state index contributed by atoms with van der Waals surface area (Å²) in [6.45, 7) is 1.82. The van der Waals surface area contributed by atoms with Crippen molar-refractivity contribution in [2.45, 2.75) is 26.0 Å². The van der Waals surface area contributed by atoms with Crippen molar-refractivity contribution in [3.63, 3.8) is 0 Å². The third-order valence-electron chi connectivity index (χ3n) is 4.88. The maximum absolute atomic E-state index is 13.0. The molecular weight excluding hydrogens is 336 g/mol. The standard InChI is InChI=1S/C19H22N2O5/c1-23-11-17-20-14-9-21(7-6-15(14)26-17)19(22)13-8-12-4-3-5-16(24-2)18(12)25-10-13/h3-5,13H,6-11H2,1-2H3. The average Bonchev–Trinajstić information content (AvgIpc) is 3.08. The highest BCUT2D eigenvalue weighted by atomic mass is 16.5. The molecule has 0 fully saturated rings. The molecule has 1 aromatic heterocycles. The second-order valence-electron chi connectivity index (χ2n) is 6.58. The van der Waals surface area contributed by atoms with Crippen molar-refractivity contribution < 1.29 is 23.4 Å². The van der Waals surface area contributed by atoms with E-state index < -0.39 is 0 Å². The summed E-state index contributed by atoms with van der Waals surface area (Å²) in [5.41, 5.74) is 1.84. The van der Waals surface area contributed by atoms with Crippen molar-refractivity contribution in [2.24, 2.45) is 5.92 Å². The Morgan fingerprint density at radius 2 is 2.27 bits per heavy atom. The summed E-state index contributed by atoms with van der Waals surface area (Å²) in [6.07, 6.45) is 1.33. The number of nitrogens with zero attached hydrogens (tertiary/aromatic N) is 2. The predicted molar refractivity (Wildman–Crippen MR) is 92.0 cm³/mol. The van der Waals surface area contributed by atoms with Crippen molar-refractivity contribution in [1.29, 1.82) is 0 Å². The van der Waals surface area contributed by atoms with Gasteiger partial charge in [-0.1, -0.05) is 12.1 Å². The Bertz CT molecular complexity index is 816. The van der Waals surface area contributed by atoms with Crippen molar-refractivity contribution in [3.8, 4) is 11.5 Å². The molecule has 0 aliphatic carbocycles. The molecule has 0 N–H and O–H groups in total. The number of amides is 1. The zero-order chi connectivity index (χ0) is 18.1. The lowest BCUT2D eigenvalue weighted by molar-refractivity contribution is -0.138. The Morgan fingerprint density at radius 1 is 1.38 bits per heavy atom. The first-order chi connectivity index (χ1) is 12.7. The summed E-state index contributed by atoms with van der Waals surface area (Å²) >= 11 is 0. The third kappa shape index (κ3) is 3.03. The number of rotatable bonds is 4. The fraction of sp³-hybridized carbons (Fsp3) is 0.474. The number of hydrogen-bond acceptors (Lipinski definition) is 6. The number of ether oxygens (including phenoxy) is 3. The first-order valence-corrected chi connectivity index (χ1v) is 8.73. The summed E-state index contributed by atoms with van der Waals surface area (Å²) in [6, 6.07) is 5.78. The van der Waals surface area contributed by atoms with E-state index in [1.807, 2.05) is 23.1 Å². The quantitative estimate of drug-likeness (QED) is 0.832. The molecule has 4 rings (SSSR count). The molecule has 1 atom stereocenters. The molecule has 0 saturated heterocycles. The molecule has 1 aromatic carbocycles. The van der Waals surface area contributed by atoms with Crippen LogP contribution < -0.4 is 9.47 Å². The number of carbonyl (C=O) groups excluding carboxylic acids is 1. The van der Waals surface area contributed by atoms with E-state index >= 15 is 0 Å². The highest BCUT2D eigenvalue weighted by molar-refractivity contribution is 5.80. The second kappa shape index (κ2) is 6.99. The molecule has 2 aromatic rings. The van der Waals surface area contributed by atoms with Gasteiger partial charge in [0, 0.05) is 20.1 Å². The van der Waals surface area contributed by atoms with Crippen molar-refractivity contribution >= 4 is 5.91 Å². The molecule has 7 heteroatoms. The summed E-state index contributed by atoms with van der Waals surface area (Å²) in [5.74, 6) is 2.79. The minimum atomic E-state index is -0.193. The molecule has 0 bridgehead atoms. The molecule has 26 heavy (non-hydrogen) atoms. The van der Waals surface area contributed by atoms with E-state index in [1.165, 1.54) is 0 Å². The normalized spacial score (nSPS) is 18.7. The topological polar surface area (TPSA) is 74.0 Å². The molecule has 1 amide bonds. The molecule has 0 saturated carbocycles. The molecule has 2 aliphatic heterocycles. The van der Waals surface area contributed by atoms with Crippen LogP contribution in [0.5, 0.6) is 11.5 Å². The van der Waals surface area contributed by atoms with E-state index in [0.29, 0.717) is 50.8 Å². The molecule has 1 unspecified atom stereocenters. The highest BCUT2D eigenvalue weighted by Crippen LogP contribution is 2.36. The predicted octanol–water partition coefficient (Wildman–Crippen LogP) is 1.97. The van der Waals surface area contributed by atoms with Gasteiger partial charge in [0.15, 0.2) is 11.5 Å². The summed E-state index contributed by atoms with van der Waals surface area (Å²) in [4.78, 5) is 19.3. The number of methoxy groups -OCH3 is 2. The van der Waals surface area contributed by atoms with Crippen LogP contribution in [0.4, 0.5) is 0 Å². The van der Waals surface area contributed by atoms with Gasteiger partial charge < -0.3 is 23.5 Å². The lowest BCUT2D eigenvalue weighted by Gasteiger charge is -2.32. The fourth-order valence-corrected chi connectivity index (χ4v) is 3.60. The van der Waals surface area contributed by atoms with Gasteiger partial charge in [0.25, 0.3) is 0 Å². The zero-order valence-electron chi connectivity index (χ0n) is 15.0. The van der Waals surface area contributed by atoms with Gasteiger partial charge in [-0.25, -0.2) is 4.98 Å². The van der Waals surface area contributed by atoms with Crippen LogP contribution in [0.1, 0.15) is 22.9 Å². The monoisotopic (exact) mass is 358 g/mol. The van der Waals surface area contributed by atoms with Gasteiger partial charge in [0.05, 0.1) is 19.6 Å². The molecule has 138 valence electrons. The molecule has 3 heterocycles. The Morgan fingerprint density at radius 3 is 3.08 bits per heavy atom. The SMILES string of the molecule is COCc1nc2c(o1)CCN(C(=O)C1COc3c(cccc3OC)C1)C2. The van der Waals surface area contributed by atoms with Crippen molar-refractivity contribution in [2.75, 3.05) is 27.4 Å². The average molecular weight is 358 g/mol. The van der Waals surface area contributed by atoms with Gasteiger partial charge in [-0.15, -0.1) is 0 Å². The summed E-state index contributed by atoms with van der Waals surface area (Å²) in [7, 11) is 3.23. The minimum absolute atomic E-state index is 0.0976. The van der Waals surface area contributed by atoms with Crippen molar-refractivity contribution in [1.82, 2.24) is 9.88 Å². The van der Waals surface area contributed by atoms with Gasteiger partial charge >= 0.3 is 0 Å². The van der Waals surface area contributed by atoms with Gasteiger partial charge in [0.1, 0.15) is 24.7 Å². The second-order valence-corrected chi connectivity index (χ2v) is 6.58. The summed E-state index contributed by atoms with van der Waals surface area (Å²) < 4.78 is 21.9. The van der Waals surface area contributed by atoms with Gasteiger partial charge in [-0.3, -0.25) is 4.79 Å². The number of para-hydroxylation sites is 1. The Hall–Kier alpha value is -2.54. The van der Waals surface area contributed by atoms with Crippen LogP contribution in [0.2, 0.25) is 0 Å². The van der Waals surface area contributed by atoms with Crippen LogP contribution in [0.3, 0.4) is 0 Å². The summed E-state index contributed by atoms with van der Waals surface area (Å²) in [5, 5.41) is 0. The molecule has 7 nitrogen and oxygen atoms in total. The number of aromatic nitrogens is 1. The third-order valence-corrected chi connectivity index (χ3v) is 4.88. The Kier molecular flexibility index (Phi) is 4.55. The van der Waals surface area contributed by atoms with Crippen LogP contribution >= 0.6 is 0 Å². The lowest BCUT2D eigenvalue weighted by atomic mass is 9.94. The Balaban J connectivity index is 1.46. The van der Waals surface area contributed by atoms with E-state index in [1.54, 1.807) is 14.2 Å². The lowest BCUT2D eigenvalue weighted by Crippen LogP contribution is -2.43. The number of benzene rings is 1. The largest absolute Gasteiger partial charge is 0.493 e. The number of carbonyl (C=O) groups is 1. The zero-order valence-corrected chi connectivity index (χ0v) is 15.0. The smallest absolute Gasteiger partial charge is 0.229 e. The van der Waals surface area contributed by atoms with E-state index in [0.717, 1.165) is 22.8 Å². The van der Waals surface area contributed by atoms with Gasteiger partial charge in [-0.2, -0.15) is 0 Å². The number of hydrogen-bond donors (Lipinski definition) is 0. The maximum atomic E-state index is 13.0. The van der Waals surface area contributed by atoms with Crippen LogP contribution in [0.25, 0.3) is 0 Å². The van der Waals surface area contributed by atoms with E-state index in [4.69, 9.17) is 18.6 Å². The van der Waals surface area contributed by atoms with Gasteiger partial charge in [0.2, 0.25) is 11.8 Å². The first-order valence-electron chi connectivity index (χ1n) is 8.73. The number of oxazole rings is 1. The van der Waals surface area contributed by atoms with Crippen LogP contribution in [-0.2, 0) is 35.5 Å². The van der Waals surface area contributed by atoms with Crippen LogP contribution in [-0.4, -0.2) is 43.2 Å². The van der Waals surface area contributed by atoms with Gasteiger partial charge in [-0.05, 0) is 18.1 Å². The fourth-order valence-electron chi connectivity index (χ4n) is 3.60. The first kappa shape index (κ1) is 16.9. The molecule has 0 spiro atoms. The van der Waals surface area contributed by atoms with E-state index in [9.17, 15) is 4.79 Å². The van der Waals surface area contributed by atoms with Crippen molar-refractivity contribution in [3.05, 3.63) is 41.1 Å². The minimum Gasteiger partial charge on any atom is -0.493 e. The van der Waals surface area contributed by atoms with Crippen LogP contribution in [0, 0.1) is 5.92 Å². The molecular formula is C19H22N2O5. The molecule has 2 aliphatic rings. The maximum Gasteiger partial charge on any atom is 0.229 e. The Labute approximate surface area is 151 Å². The number of fused-ring (bicyclic) bond motifs is 2. The van der Waals surface area contributed by atoms with E-state index in [-0.39, 0.29) is 11.8 Å². The van der Waals surface area contributed by atoms with Crippen LogP contribution in [0.15, 0.2) is 22.6 Å². The van der Waals surface area contributed by atoms with E-state index in [2.05, 4.69) is 4.98 Å². The molecule has 0 radical (unpaired) electrons.